The van der Waals surface area contributed by atoms with E-state index in [2.05, 4.69) is 15.0 Å². The second kappa shape index (κ2) is 10.1. The number of hydrogen-bond donors (Lipinski definition) is 1. The summed E-state index contributed by atoms with van der Waals surface area (Å²) in [7, 11) is 0. The number of ether oxygens (including phenoxy) is 2. The van der Waals surface area contributed by atoms with Crippen LogP contribution in [0.25, 0.3) is 0 Å². The van der Waals surface area contributed by atoms with Gasteiger partial charge in [0, 0.05) is 6.20 Å². The Morgan fingerprint density at radius 2 is 1.57 bits per heavy atom. The molecule has 2 aromatic carbocycles. The van der Waals surface area contributed by atoms with Crippen LogP contribution in [0.1, 0.15) is 27.7 Å². The molecule has 0 aliphatic rings. The molecule has 0 spiro atoms. The molecule has 0 saturated heterocycles. The molecule has 1 heterocycles. The largest absolute Gasteiger partial charge is 0.451 e. The standard InChI is InChI=1S/C22H18F2N2O4/c23-22(24)30-17-11-9-16(10-12-17)20(15-6-2-1-3-7-15)26-19(27)14-29-21(28)18-8-4-5-13-25-18/h1-13,20,22H,14H2,(H,26,27)/t20-/m1/s1. The van der Waals surface area contributed by atoms with Gasteiger partial charge in [0.2, 0.25) is 0 Å². The number of esters is 1. The number of pyridine rings is 1. The summed E-state index contributed by atoms with van der Waals surface area (Å²) >= 11 is 0. The second-order valence-corrected chi connectivity index (χ2v) is 6.15. The summed E-state index contributed by atoms with van der Waals surface area (Å²) in [6.07, 6.45) is 1.45. The smallest absolute Gasteiger partial charge is 0.387 e. The zero-order valence-electron chi connectivity index (χ0n) is 15.7. The summed E-state index contributed by atoms with van der Waals surface area (Å²) in [5.74, 6) is -1.23. The Hall–Kier alpha value is -3.81. The number of aromatic nitrogens is 1. The predicted octanol–water partition coefficient (Wildman–Crippen LogP) is 3.75. The molecule has 0 bridgehead atoms. The van der Waals surface area contributed by atoms with Crippen molar-refractivity contribution in [2.75, 3.05) is 6.61 Å². The first-order valence-electron chi connectivity index (χ1n) is 9.00. The molecule has 0 aliphatic carbocycles. The average molecular weight is 412 g/mol. The minimum absolute atomic E-state index is 0.0104. The SMILES string of the molecule is O=C(COC(=O)c1ccccn1)N[C@H](c1ccccc1)c1ccc(OC(F)F)cc1. The lowest BCUT2D eigenvalue weighted by Gasteiger charge is -2.20. The van der Waals surface area contributed by atoms with Crippen molar-refractivity contribution < 1.29 is 27.8 Å². The van der Waals surface area contributed by atoms with E-state index in [1.54, 1.807) is 24.3 Å². The zero-order valence-corrected chi connectivity index (χ0v) is 15.7. The summed E-state index contributed by atoms with van der Waals surface area (Å²) in [6, 6.07) is 19.2. The summed E-state index contributed by atoms with van der Waals surface area (Å²) in [4.78, 5) is 28.2. The van der Waals surface area contributed by atoms with Crippen molar-refractivity contribution in [1.82, 2.24) is 10.3 Å². The molecular weight excluding hydrogens is 394 g/mol. The molecule has 1 atom stereocenters. The van der Waals surface area contributed by atoms with E-state index in [1.165, 1.54) is 24.4 Å². The highest BCUT2D eigenvalue weighted by Gasteiger charge is 2.19. The highest BCUT2D eigenvalue weighted by Crippen LogP contribution is 2.24. The number of amides is 1. The van der Waals surface area contributed by atoms with E-state index in [4.69, 9.17) is 4.74 Å². The number of benzene rings is 2. The predicted molar refractivity (Wildman–Crippen MR) is 104 cm³/mol. The molecule has 0 radical (unpaired) electrons. The molecule has 1 amide bonds. The van der Waals surface area contributed by atoms with Gasteiger partial charge in [-0.2, -0.15) is 8.78 Å². The molecule has 8 heteroatoms. The zero-order chi connectivity index (χ0) is 21.3. The lowest BCUT2D eigenvalue weighted by Crippen LogP contribution is -2.33. The third-order valence-corrected chi connectivity index (χ3v) is 4.09. The van der Waals surface area contributed by atoms with Crippen LogP contribution in [0, 0.1) is 0 Å². The van der Waals surface area contributed by atoms with E-state index >= 15 is 0 Å². The molecule has 0 saturated carbocycles. The molecular formula is C22H18F2N2O4. The molecule has 1 aromatic heterocycles. The topological polar surface area (TPSA) is 77.5 Å². The summed E-state index contributed by atoms with van der Waals surface area (Å²) < 4.78 is 34.1. The van der Waals surface area contributed by atoms with Crippen LogP contribution < -0.4 is 10.1 Å². The van der Waals surface area contributed by atoms with Crippen molar-refractivity contribution >= 4 is 11.9 Å². The third-order valence-electron chi connectivity index (χ3n) is 4.09. The number of hydrogen-bond acceptors (Lipinski definition) is 5. The Bertz CT molecular complexity index is 967. The van der Waals surface area contributed by atoms with Crippen molar-refractivity contribution in [1.29, 1.82) is 0 Å². The summed E-state index contributed by atoms with van der Waals surface area (Å²) in [5.41, 5.74) is 1.51. The van der Waals surface area contributed by atoms with Gasteiger partial charge in [0.25, 0.3) is 5.91 Å². The molecule has 3 rings (SSSR count). The molecule has 0 aliphatic heterocycles. The van der Waals surface area contributed by atoms with Gasteiger partial charge in [-0.05, 0) is 35.4 Å². The van der Waals surface area contributed by atoms with Gasteiger partial charge in [0.15, 0.2) is 6.61 Å². The van der Waals surface area contributed by atoms with Gasteiger partial charge in [0.05, 0.1) is 6.04 Å². The van der Waals surface area contributed by atoms with Crippen LogP contribution in [0.2, 0.25) is 0 Å². The Labute approximate surface area is 171 Å². The average Bonchev–Trinajstić information content (AvgIpc) is 2.77. The van der Waals surface area contributed by atoms with Crippen LogP contribution in [-0.2, 0) is 9.53 Å². The van der Waals surface area contributed by atoms with Crippen LogP contribution in [-0.4, -0.2) is 30.1 Å². The highest BCUT2D eigenvalue weighted by molar-refractivity contribution is 5.89. The van der Waals surface area contributed by atoms with E-state index < -0.39 is 31.1 Å². The van der Waals surface area contributed by atoms with Crippen molar-refractivity contribution in [2.24, 2.45) is 0 Å². The molecule has 154 valence electrons. The molecule has 1 N–H and O–H groups in total. The fraction of sp³-hybridized carbons (Fsp3) is 0.136. The highest BCUT2D eigenvalue weighted by atomic mass is 19.3. The Morgan fingerprint density at radius 1 is 0.900 bits per heavy atom. The first kappa shape index (κ1) is 20.9. The molecule has 30 heavy (non-hydrogen) atoms. The van der Waals surface area contributed by atoms with Crippen LogP contribution >= 0.6 is 0 Å². The van der Waals surface area contributed by atoms with Gasteiger partial charge in [-0.3, -0.25) is 4.79 Å². The number of carbonyl (C=O) groups excluding carboxylic acids is 2. The quantitative estimate of drug-likeness (QED) is 0.571. The molecule has 0 fully saturated rings. The van der Waals surface area contributed by atoms with Crippen LogP contribution in [0.15, 0.2) is 79.0 Å². The van der Waals surface area contributed by atoms with E-state index in [0.29, 0.717) is 5.56 Å². The maximum absolute atomic E-state index is 12.4. The van der Waals surface area contributed by atoms with Gasteiger partial charge >= 0.3 is 12.6 Å². The van der Waals surface area contributed by atoms with Gasteiger partial charge in [-0.1, -0.05) is 48.5 Å². The number of nitrogens with zero attached hydrogens (tertiary/aromatic N) is 1. The van der Waals surface area contributed by atoms with Gasteiger partial charge < -0.3 is 14.8 Å². The summed E-state index contributed by atoms with van der Waals surface area (Å²) in [6.45, 7) is -3.42. The van der Waals surface area contributed by atoms with E-state index in [1.807, 2.05) is 30.3 Å². The Kier molecular flexibility index (Phi) is 7.05. The number of rotatable bonds is 8. The van der Waals surface area contributed by atoms with Crippen LogP contribution in [0.4, 0.5) is 8.78 Å². The first-order chi connectivity index (χ1) is 14.5. The maximum atomic E-state index is 12.4. The third kappa shape index (κ3) is 5.84. The van der Waals surface area contributed by atoms with Gasteiger partial charge in [-0.15, -0.1) is 0 Å². The number of halogens is 2. The monoisotopic (exact) mass is 412 g/mol. The lowest BCUT2D eigenvalue weighted by atomic mass is 9.98. The minimum atomic E-state index is -2.92. The molecule has 6 nitrogen and oxygen atoms in total. The first-order valence-corrected chi connectivity index (χ1v) is 9.00. The van der Waals surface area contributed by atoms with E-state index in [-0.39, 0.29) is 11.4 Å². The minimum Gasteiger partial charge on any atom is -0.451 e. The second-order valence-electron chi connectivity index (χ2n) is 6.15. The van der Waals surface area contributed by atoms with Crippen molar-refractivity contribution in [3.05, 3.63) is 95.8 Å². The van der Waals surface area contributed by atoms with Crippen molar-refractivity contribution in [3.8, 4) is 5.75 Å². The van der Waals surface area contributed by atoms with Crippen LogP contribution in [0.5, 0.6) is 5.75 Å². The summed E-state index contributed by atoms with van der Waals surface area (Å²) in [5, 5.41) is 2.79. The van der Waals surface area contributed by atoms with Crippen LogP contribution in [0.3, 0.4) is 0 Å². The molecule has 0 unspecified atom stereocenters. The maximum Gasteiger partial charge on any atom is 0.387 e. The lowest BCUT2D eigenvalue weighted by molar-refractivity contribution is -0.124. The van der Waals surface area contributed by atoms with Crippen molar-refractivity contribution in [2.45, 2.75) is 12.7 Å². The van der Waals surface area contributed by atoms with E-state index in [0.717, 1.165) is 5.56 Å². The Balaban J connectivity index is 1.70. The fourth-order valence-corrected chi connectivity index (χ4v) is 2.74. The number of nitrogens with one attached hydrogen (secondary N) is 1. The van der Waals surface area contributed by atoms with E-state index in [9.17, 15) is 18.4 Å². The van der Waals surface area contributed by atoms with Gasteiger partial charge in [-0.25, -0.2) is 9.78 Å². The van der Waals surface area contributed by atoms with Crippen molar-refractivity contribution in [3.63, 3.8) is 0 Å². The van der Waals surface area contributed by atoms with Gasteiger partial charge in [0.1, 0.15) is 11.4 Å². The number of alkyl halides is 2. The normalized spacial score (nSPS) is 11.6. The molecule has 3 aromatic rings. The fourth-order valence-electron chi connectivity index (χ4n) is 2.74. The Morgan fingerprint density at radius 3 is 2.20 bits per heavy atom. The number of carbonyl (C=O) groups is 2.